The van der Waals surface area contributed by atoms with Gasteiger partial charge in [-0.1, -0.05) is 0 Å². The molecule has 0 radical (unpaired) electrons. The van der Waals surface area contributed by atoms with Gasteiger partial charge in [0, 0.05) is 34.6 Å². The standard InChI is InChI=1S/C9H16N2O4S2/c1-6(4-17(2)15)10-9(14)11-5-16-3-7(11)8(12)13/h6-7H,3-5H2,1-2H3,(H,10,14)(H,12,13)/t6?,7-,17?/m0/s1. The molecule has 2 unspecified atom stereocenters. The van der Waals surface area contributed by atoms with Crippen LogP contribution in [0.25, 0.3) is 0 Å². The van der Waals surface area contributed by atoms with E-state index in [4.69, 9.17) is 5.11 Å². The number of rotatable bonds is 4. The van der Waals surface area contributed by atoms with E-state index in [1.807, 2.05) is 0 Å². The van der Waals surface area contributed by atoms with Gasteiger partial charge < -0.3 is 15.3 Å². The summed E-state index contributed by atoms with van der Waals surface area (Å²) < 4.78 is 11.0. The Bertz CT molecular complexity index is 337. The van der Waals surface area contributed by atoms with E-state index in [-0.39, 0.29) is 6.04 Å². The number of carbonyl (C=O) groups is 2. The molecule has 0 saturated carbocycles. The van der Waals surface area contributed by atoms with Crippen LogP contribution in [0, 0.1) is 0 Å². The van der Waals surface area contributed by atoms with Crippen molar-refractivity contribution in [3.8, 4) is 0 Å². The number of thioether (sulfide) groups is 1. The molecule has 0 bridgehead atoms. The summed E-state index contributed by atoms with van der Waals surface area (Å²) in [6.07, 6.45) is 1.56. The number of urea groups is 1. The molecule has 0 aliphatic carbocycles. The predicted octanol–water partition coefficient (Wildman–Crippen LogP) is -0.0775. The van der Waals surface area contributed by atoms with E-state index in [1.54, 1.807) is 13.2 Å². The van der Waals surface area contributed by atoms with Gasteiger partial charge in [-0.05, 0) is 6.92 Å². The summed E-state index contributed by atoms with van der Waals surface area (Å²) in [5, 5.41) is 11.6. The Morgan fingerprint density at radius 2 is 2.29 bits per heavy atom. The number of carboxylic acids is 1. The van der Waals surface area contributed by atoms with Crippen LogP contribution in [0.15, 0.2) is 0 Å². The fourth-order valence-electron chi connectivity index (χ4n) is 1.53. The Kier molecular flexibility index (Phi) is 5.26. The smallest absolute Gasteiger partial charge is 0.327 e. The van der Waals surface area contributed by atoms with E-state index in [0.29, 0.717) is 17.4 Å². The molecular formula is C9H16N2O4S2. The van der Waals surface area contributed by atoms with Crippen LogP contribution >= 0.6 is 11.8 Å². The van der Waals surface area contributed by atoms with Crippen LogP contribution in [0.5, 0.6) is 0 Å². The molecular weight excluding hydrogens is 264 g/mol. The van der Waals surface area contributed by atoms with Gasteiger partial charge in [0.1, 0.15) is 6.04 Å². The number of aliphatic carboxylic acids is 1. The summed E-state index contributed by atoms with van der Waals surface area (Å²) in [5.41, 5.74) is 0. The van der Waals surface area contributed by atoms with Gasteiger partial charge in [-0.2, -0.15) is 0 Å². The van der Waals surface area contributed by atoms with Crippen molar-refractivity contribution in [1.29, 1.82) is 0 Å². The van der Waals surface area contributed by atoms with Crippen LogP contribution in [-0.4, -0.2) is 61.9 Å². The lowest BCUT2D eigenvalue weighted by Crippen LogP contribution is -2.50. The molecule has 0 aromatic carbocycles. The van der Waals surface area contributed by atoms with Crippen molar-refractivity contribution in [2.45, 2.75) is 19.0 Å². The minimum Gasteiger partial charge on any atom is -0.480 e. The van der Waals surface area contributed by atoms with Crippen molar-refractivity contribution in [1.82, 2.24) is 10.2 Å². The molecule has 17 heavy (non-hydrogen) atoms. The molecule has 8 heteroatoms. The summed E-state index contributed by atoms with van der Waals surface area (Å²) in [6, 6.07) is -1.40. The topological polar surface area (TPSA) is 86.7 Å². The number of hydrogen-bond donors (Lipinski definition) is 2. The van der Waals surface area contributed by atoms with Gasteiger partial charge in [-0.15, -0.1) is 11.8 Å². The SMILES string of the molecule is CC(CS(C)=O)NC(=O)N1CSC[C@H]1C(=O)O. The minimum absolute atomic E-state index is 0.228. The highest BCUT2D eigenvalue weighted by atomic mass is 32.2. The molecule has 2 amide bonds. The number of amides is 2. The number of nitrogens with zero attached hydrogens (tertiary/aromatic N) is 1. The van der Waals surface area contributed by atoms with Crippen molar-refractivity contribution in [2.24, 2.45) is 0 Å². The highest BCUT2D eigenvalue weighted by molar-refractivity contribution is 7.99. The molecule has 0 spiro atoms. The lowest BCUT2D eigenvalue weighted by Gasteiger charge is -2.23. The third kappa shape index (κ3) is 4.19. The molecule has 1 rings (SSSR count). The molecule has 1 aliphatic rings. The van der Waals surface area contributed by atoms with Crippen LogP contribution in [0.1, 0.15) is 6.92 Å². The highest BCUT2D eigenvalue weighted by Gasteiger charge is 2.34. The Morgan fingerprint density at radius 3 is 2.82 bits per heavy atom. The Balaban J connectivity index is 2.52. The Morgan fingerprint density at radius 1 is 1.65 bits per heavy atom. The largest absolute Gasteiger partial charge is 0.480 e. The number of nitrogens with one attached hydrogen (secondary N) is 1. The van der Waals surface area contributed by atoms with Crippen molar-refractivity contribution in [2.75, 3.05) is 23.6 Å². The molecule has 1 saturated heterocycles. The quantitative estimate of drug-likeness (QED) is 0.752. The van der Waals surface area contributed by atoms with Crippen molar-refractivity contribution < 1.29 is 18.9 Å². The first-order chi connectivity index (χ1) is 7.91. The van der Waals surface area contributed by atoms with Gasteiger partial charge in [0.05, 0.1) is 5.88 Å². The second kappa shape index (κ2) is 6.25. The maximum absolute atomic E-state index is 11.8. The summed E-state index contributed by atoms with van der Waals surface area (Å²) >= 11 is 1.41. The molecule has 6 nitrogen and oxygen atoms in total. The van der Waals surface area contributed by atoms with Gasteiger partial charge in [0.15, 0.2) is 0 Å². The van der Waals surface area contributed by atoms with Crippen molar-refractivity contribution in [3.63, 3.8) is 0 Å². The van der Waals surface area contributed by atoms with Crippen molar-refractivity contribution >= 4 is 34.6 Å². The van der Waals surface area contributed by atoms with Crippen LogP contribution in [0.3, 0.4) is 0 Å². The first-order valence-electron chi connectivity index (χ1n) is 5.09. The number of hydrogen-bond acceptors (Lipinski definition) is 4. The van der Waals surface area contributed by atoms with E-state index in [2.05, 4.69) is 5.32 Å². The average molecular weight is 280 g/mol. The summed E-state index contributed by atoms with van der Waals surface area (Å²) in [7, 11) is -0.986. The third-order valence-corrected chi connectivity index (χ3v) is 4.26. The second-order valence-corrected chi connectivity index (χ2v) is 6.39. The van der Waals surface area contributed by atoms with Crippen LogP contribution in [0.2, 0.25) is 0 Å². The number of carbonyl (C=O) groups excluding carboxylic acids is 1. The first kappa shape index (κ1) is 14.3. The van der Waals surface area contributed by atoms with E-state index < -0.39 is 28.8 Å². The van der Waals surface area contributed by atoms with Gasteiger partial charge in [-0.25, -0.2) is 9.59 Å². The predicted molar refractivity (Wildman–Crippen MR) is 67.5 cm³/mol. The van der Waals surface area contributed by atoms with Crippen LogP contribution < -0.4 is 5.32 Å². The molecule has 1 aliphatic heterocycles. The lowest BCUT2D eigenvalue weighted by atomic mass is 10.3. The fraction of sp³-hybridized carbons (Fsp3) is 0.778. The maximum atomic E-state index is 11.8. The highest BCUT2D eigenvalue weighted by Crippen LogP contribution is 2.20. The Hall–Kier alpha value is -0.760. The molecule has 3 atom stereocenters. The van der Waals surface area contributed by atoms with E-state index in [1.165, 1.54) is 16.7 Å². The lowest BCUT2D eigenvalue weighted by molar-refractivity contribution is -0.140. The molecule has 0 aromatic heterocycles. The zero-order valence-electron chi connectivity index (χ0n) is 9.71. The monoisotopic (exact) mass is 280 g/mol. The van der Waals surface area contributed by atoms with Crippen molar-refractivity contribution in [3.05, 3.63) is 0 Å². The Labute approximate surface area is 107 Å². The van der Waals surface area contributed by atoms with Gasteiger partial charge >= 0.3 is 12.0 Å². The zero-order chi connectivity index (χ0) is 13.0. The van der Waals surface area contributed by atoms with Gasteiger partial charge in [0.2, 0.25) is 0 Å². The maximum Gasteiger partial charge on any atom is 0.327 e. The fourth-order valence-corrected chi connectivity index (χ4v) is 3.47. The normalized spacial score (nSPS) is 23.2. The van der Waals surface area contributed by atoms with Crippen LogP contribution in [-0.2, 0) is 15.6 Å². The van der Waals surface area contributed by atoms with Crippen LogP contribution in [0.4, 0.5) is 4.79 Å². The van der Waals surface area contributed by atoms with E-state index >= 15 is 0 Å². The third-order valence-electron chi connectivity index (χ3n) is 2.28. The summed E-state index contributed by atoms with van der Waals surface area (Å²) in [6.45, 7) is 1.75. The zero-order valence-corrected chi connectivity index (χ0v) is 11.3. The second-order valence-electron chi connectivity index (χ2n) is 3.91. The van der Waals surface area contributed by atoms with E-state index in [9.17, 15) is 13.8 Å². The first-order valence-corrected chi connectivity index (χ1v) is 7.97. The molecule has 2 N–H and O–H groups in total. The summed E-state index contributed by atoms with van der Waals surface area (Å²) in [4.78, 5) is 24.0. The summed E-state index contributed by atoms with van der Waals surface area (Å²) in [5.74, 6) is 0.170. The number of carboxylic acid groups (broad SMARTS) is 1. The molecule has 0 aromatic rings. The van der Waals surface area contributed by atoms with E-state index in [0.717, 1.165) is 0 Å². The molecule has 1 heterocycles. The molecule has 98 valence electrons. The average Bonchev–Trinajstić information content (AvgIpc) is 2.63. The van der Waals surface area contributed by atoms with Gasteiger partial charge in [0.25, 0.3) is 0 Å². The molecule has 1 fully saturated rings. The minimum atomic E-state index is -0.989. The van der Waals surface area contributed by atoms with Gasteiger partial charge in [-0.3, -0.25) is 4.21 Å².